The maximum Gasteiger partial charge on any atom is 0.273 e. The summed E-state index contributed by atoms with van der Waals surface area (Å²) in [6.45, 7) is 3.41. The topological polar surface area (TPSA) is 71.9 Å². The molecule has 2 aromatic rings. The van der Waals surface area contributed by atoms with Crippen LogP contribution < -0.4 is 11.1 Å². The second kappa shape index (κ2) is 4.60. The lowest BCUT2D eigenvalue weighted by molar-refractivity contribution is -0.122. The van der Waals surface area contributed by atoms with Crippen LogP contribution in [0.15, 0.2) is 33.9 Å². The lowest BCUT2D eigenvalue weighted by atomic mass is 10.1. The molecule has 0 aliphatic rings. The standard InChI is InChI=1S/C13H14N2O3/c1-8(2)11(16)7-15-13(18)10-6-4-3-5-9(10)12(17)14-15/h3-6,8H,7H2,1-2H3,(H,14,17). The third-order valence-corrected chi connectivity index (χ3v) is 2.84. The zero-order valence-corrected chi connectivity index (χ0v) is 10.3. The van der Waals surface area contributed by atoms with Crippen LogP contribution in [0.3, 0.4) is 0 Å². The number of nitrogens with zero attached hydrogens (tertiary/aromatic N) is 1. The number of ketones is 1. The summed E-state index contributed by atoms with van der Waals surface area (Å²) in [6, 6.07) is 6.56. The second-order valence-corrected chi connectivity index (χ2v) is 4.50. The number of aromatic amines is 1. The Kier molecular flexibility index (Phi) is 3.14. The SMILES string of the molecule is CC(C)C(=O)Cn1[nH]c(=O)c2ccccc2c1=O. The maximum absolute atomic E-state index is 12.1. The fourth-order valence-corrected chi connectivity index (χ4v) is 1.70. The first kappa shape index (κ1) is 12.3. The molecule has 0 fully saturated rings. The van der Waals surface area contributed by atoms with Crippen LogP contribution in [0.25, 0.3) is 10.8 Å². The third kappa shape index (κ3) is 2.11. The van der Waals surface area contributed by atoms with Gasteiger partial charge in [-0.3, -0.25) is 19.5 Å². The van der Waals surface area contributed by atoms with Gasteiger partial charge in [-0.1, -0.05) is 26.0 Å². The van der Waals surface area contributed by atoms with Crippen molar-refractivity contribution in [1.29, 1.82) is 0 Å². The van der Waals surface area contributed by atoms with Crippen molar-refractivity contribution in [2.24, 2.45) is 5.92 Å². The van der Waals surface area contributed by atoms with Crippen LogP contribution in [-0.4, -0.2) is 15.6 Å². The van der Waals surface area contributed by atoms with Gasteiger partial charge in [0.2, 0.25) is 0 Å². The van der Waals surface area contributed by atoms with Gasteiger partial charge in [0.1, 0.15) is 6.54 Å². The molecule has 2 rings (SSSR count). The molecule has 5 nitrogen and oxygen atoms in total. The number of hydrogen-bond acceptors (Lipinski definition) is 3. The van der Waals surface area contributed by atoms with Gasteiger partial charge in [0.05, 0.1) is 10.8 Å². The van der Waals surface area contributed by atoms with Crippen molar-refractivity contribution in [3.05, 3.63) is 45.0 Å². The van der Waals surface area contributed by atoms with E-state index in [0.717, 1.165) is 4.68 Å². The van der Waals surface area contributed by atoms with E-state index in [4.69, 9.17) is 0 Å². The van der Waals surface area contributed by atoms with E-state index < -0.39 is 0 Å². The summed E-state index contributed by atoms with van der Waals surface area (Å²) in [4.78, 5) is 35.5. The van der Waals surface area contributed by atoms with Crippen molar-refractivity contribution in [2.75, 3.05) is 0 Å². The summed E-state index contributed by atoms with van der Waals surface area (Å²) < 4.78 is 1.08. The Labute approximate surface area is 103 Å². The normalized spacial score (nSPS) is 11.1. The second-order valence-electron chi connectivity index (χ2n) is 4.50. The monoisotopic (exact) mass is 246 g/mol. The molecule has 0 amide bonds. The van der Waals surface area contributed by atoms with E-state index in [9.17, 15) is 14.4 Å². The van der Waals surface area contributed by atoms with Crippen molar-refractivity contribution in [3.8, 4) is 0 Å². The summed E-state index contributed by atoms with van der Waals surface area (Å²) in [7, 11) is 0. The number of Topliss-reactive ketones (excluding diaryl/α,β-unsaturated/α-hetero) is 1. The zero-order valence-electron chi connectivity index (χ0n) is 10.3. The Morgan fingerprint density at radius 3 is 2.44 bits per heavy atom. The van der Waals surface area contributed by atoms with E-state index in [1.807, 2.05) is 0 Å². The molecule has 0 atom stereocenters. The van der Waals surface area contributed by atoms with Crippen LogP contribution in [0.2, 0.25) is 0 Å². The predicted molar refractivity (Wildman–Crippen MR) is 68.7 cm³/mol. The highest BCUT2D eigenvalue weighted by atomic mass is 16.2. The predicted octanol–water partition coefficient (Wildman–Crippen LogP) is 0.915. The van der Waals surface area contributed by atoms with E-state index in [1.54, 1.807) is 38.1 Å². The molecule has 0 saturated carbocycles. The van der Waals surface area contributed by atoms with Gasteiger partial charge in [0.15, 0.2) is 5.78 Å². The number of nitrogens with one attached hydrogen (secondary N) is 1. The average Bonchev–Trinajstić information content (AvgIpc) is 2.35. The Morgan fingerprint density at radius 2 is 1.83 bits per heavy atom. The summed E-state index contributed by atoms with van der Waals surface area (Å²) in [5, 5.41) is 3.11. The summed E-state index contributed by atoms with van der Waals surface area (Å²) in [6.07, 6.45) is 0. The number of aromatic nitrogens is 2. The minimum Gasteiger partial charge on any atom is -0.297 e. The lowest BCUT2D eigenvalue weighted by Crippen LogP contribution is -2.33. The average molecular weight is 246 g/mol. The molecule has 1 aromatic carbocycles. The molecule has 1 heterocycles. The molecular formula is C13H14N2O3. The molecule has 0 unspecified atom stereocenters. The van der Waals surface area contributed by atoms with Gasteiger partial charge in [-0.2, -0.15) is 0 Å². The molecule has 94 valence electrons. The van der Waals surface area contributed by atoms with Crippen molar-refractivity contribution in [2.45, 2.75) is 20.4 Å². The largest absolute Gasteiger partial charge is 0.297 e. The number of carbonyl (C=O) groups is 1. The van der Waals surface area contributed by atoms with Crippen LogP contribution >= 0.6 is 0 Å². The minimum atomic E-state index is -0.359. The van der Waals surface area contributed by atoms with Crippen LogP contribution in [0.5, 0.6) is 0 Å². The Balaban J connectivity index is 2.61. The molecule has 18 heavy (non-hydrogen) atoms. The maximum atomic E-state index is 12.1. The molecule has 0 aliphatic carbocycles. The van der Waals surface area contributed by atoms with Gasteiger partial charge in [-0.25, -0.2) is 4.68 Å². The highest BCUT2D eigenvalue weighted by Gasteiger charge is 2.12. The van der Waals surface area contributed by atoms with Crippen molar-refractivity contribution < 1.29 is 4.79 Å². The number of rotatable bonds is 3. The number of benzene rings is 1. The Bertz CT molecular complexity index is 710. The first-order valence-corrected chi connectivity index (χ1v) is 5.75. The molecule has 5 heteroatoms. The van der Waals surface area contributed by atoms with Crippen molar-refractivity contribution >= 4 is 16.6 Å². The van der Waals surface area contributed by atoms with Gasteiger partial charge in [-0.15, -0.1) is 0 Å². The van der Waals surface area contributed by atoms with Crippen LogP contribution in [-0.2, 0) is 11.3 Å². The van der Waals surface area contributed by atoms with E-state index in [2.05, 4.69) is 5.10 Å². The molecule has 0 radical (unpaired) electrons. The van der Waals surface area contributed by atoms with E-state index in [-0.39, 0.29) is 29.4 Å². The van der Waals surface area contributed by atoms with Crippen molar-refractivity contribution in [1.82, 2.24) is 9.78 Å². The highest BCUT2D eigenvalue weighted by molar-refractivity contribution is 5.82. The summed E-state index contributed by atoms with van der Waals surface area (Å²) in [5.41, 5.74) is -0.707. The number of carbonyl (C=O) groups excluding carboxylic acids is 1. The first-order chi connectivity index (χ1) is 8.50. The number of fused-ring (bicyclic) bond motifs is 1. The molecule has 0 spiro atoms. The Morgan fingerprint density at radius 1 is 1.22 bits per heavy atom. The summed E-state index contributed by atoms with van der Waals surface area (Å²) in [5.74, 6) is -0.269. The lowest BCUT2D eigenvalue weighted by Gasteiger charge is -2.08. The number of hydrogen-bond donors (Lipinski definition) is 1. The minimum absolute atomic E-state index is 0.0944. The fourth-order valence-electron chi connectivity index (χ4n) is 1.70. The van der Waals surface area contributed by atoms with E-state index in [0.29, 0.717) is 10.8 Å². The zero-order chi connectivity index (χ0) is 13.3. The molecular weight excluding hydrogens is 232 g/mol. The van der Waals surface area contributed by atoms with Gasteiger partial charge in [0.25, 0.3) is 11.1 Å². The fraction of sp³-hybridized carbons (Fsp3) is 0.308. The molecule has 1 aromatic heterocycles. The smallest absolute Gasteiger partial charge is 0.273 e. The van der Waals surface area contributed by atoms with E-state index in [1.165, 1.54) is 0 Å². The molecule has 0 aliphatic heterocycles. The molecule has 1 N–H and O–H groups in total. The molecule has 0 bridgehead atoms. The Hall–Kier alpha value is -2.17. The molecule has 0 saturated heterocycles. The van der Waals surface area contributed by atoms with Gasteiger partial charge < -0.3 is 0 Å². The quantitative estimate of drug-likeness (QED) is 0.875. The van der Waals surface area contributed by atoms with Gasteiger partial charge in [-0.05, 0) is 12.1 Å². The van der Waals surface area contributed by atoms with Crippen molar-refractivity contribution in [3.63, 3.8) is 0 Å². The van der Waals surface area contributed by atoms with E-state index >= 15 is 0 Å². The van der Waals surface area contributed by atoms with Crippen LogP contribution in [0, 0.1) is 5.92 Å². The highest BCUT2D eigenvalue weighted by Crippen LogP contribution is 2.03. The summed E-state index contributed by atoms with van der Waals surface area (Å²) >= 11 is 0. The van der Waals surface area contributed by atoms with Crippen LogP contribution in [0.4, 0.5) is 0 Å². The first-order valence-electron chi connectivity index (χ1n) is 5.75. The van der Waals surface area contributed by atoms with Crippen LogP contribution in [0.1, 0.15) is 13.8 Å². The van der Waals surface area contributed by atoms with Gasteiger partial charge >= 0.3 is 0 Å². The third-order valence-electron chi connectivity index (χ3n) is 2.84. The number of H-pyrrole nitrogens is 1. The van der Waals surface area contributed by atoms with Gasteiger partial charge in [0, 0.05) is 5.92 Å².